The average molecular weight is 574 g/mol. The minimum atomic E-state index is -0.300. The Morgan fingerprint density at radius 2 is 1.00 bits per heavy atom. The maximum Gasteiger partial charge on any atom is 0.169 e. The molecular formula is C38H71NO2. The molecule has 0 bridgehead atoms. The van der Waals surface area contributed by atoms with Gasteiger partial charge in [-0.2, -0.15) is 0 Å². The molecule has 2 aliphatic heterocycles. The lowest BCUT2D eigenvalue weighted by molar-refractivity contribution is -0.204. The summed E-state index contributed by atoms with van der Waals surface area (Å²) >= 11 is 0. The minimum absolute atomic E-state index is 0.0106. The summed E-state index contributed by atoms with van der Waals surface area (Å²) in [5.74, 6) is -0.300. The fraction of sp³-hybridized carbons (Fsp3) is 0.895. The molecule has 2 fully saturated rings. The van der Waals surface area contributed by atoms with Crippen LogP contribution in [0.4, 0.5) is 0 Å². The normalized spacial score (nSPS) is 21.2. The van der Waals surface area contributed by atoms with Crippen LogP contribution in [0.5, 0.6) is 0 Å². The Hall–Kier alpha value is -0.640. The predicted octanol–water partition coefficient (Wildman–Crippen LogP) is 11.7. The summed E-state index contributed by atoms with van der Waals surface area (Å²) in [5, 5.41) is 0. The molecule has 0 N–H and O–H groups in total. The maximum absolute atomic E-state index is 6.97. The van der Waals surface area contributed by atoms with Crippen molar-refractivity contribution < 1.29 is 9.47 Å². The van der Waals surface area contributed by atoms with Crippen LogP contribution in [0.1, 0.15) is 181 Å². The fourth-order valence-corrected chi connectivity index (χ4v) is 6.62. The number of nitrogens with zero attached hydrogens (tertiary/aromatic N) is 1. The van der Waals surface area contributed by atoms with Crippen LogP contribution in [0.2, 0.25) is 0 Å². The second kappa shape index (κ2) is 23.8. The lowest BCUT2D eigenvalue weighted by atomic mass is 9.92. The Morgan fingerprint density at radius 1 is 0.561 bits per heavy atom. The van der Waals surface area contributed by atoms with Crippen molar-refractivity contribution >= 4 is 0 Å². The standard InChI is InChI=1S/C38H71NO2/c1-4-6-8-10-12-14-16-17-18-19-20-21-23-25-27-29-31-38(30-28-26-24-22-15-13-11-9-7-5-2)40-36-37(41-38)32-34-39(3)35-33-37/h12,14,17-18H,4-11,13,15-16,19-36H2,1-3H3/b14-12-,18-17-. The molecular weight excluding hydrogens is 502 g/mol. The number of likely N-dealkylation sites (tertiary alicyclic amines) is 1. The van der Waals surface area contributed by atoms with Crippen molar-refractivity contribution in [1.82, 2.24) is 4.90 Å². The van der Waals surface area contributed by atoms with Gasteiger partial charge in [0, 0.05) is 25.9 Å². The van der Waals surface area contributed by atoms with Crippen molar-refractivity contribution in [3.05, 3.63) is 24.3 Å². The molecule has 0 aromatic heterocycles. The lowest BCUT2D eigenvalue weighted by Gasteiger charge is -2.38. The molecule has 240 valence electrons. The molecule has 0 aliphatic carbocycles. The van der Waals surface area contributed by atoms with Gasteiger partial charge in [-0.3, -0.25) is 0 Å². The van der Waals surface area contributed by atoms with Crippen LogP contribution in [-0.4, -0.2) is 43.0 Å². The molecule has 41 heavy (non-hydrogen) atoms. The van der Waals surface area contributed by atoms with E-state index in [0.717, 1.165) is 51.8 Å². The molecule has 0 aromatic rings. The van der Waals surface area contributed by atoms with Crippen molar-refractivity contribution in [1.29, 1.82) is 0 Å². The molecule has 1 spiro atoms. The van der Waals surface area contributed by atoms with E-state index < -0.39 is 0 Å². The van der Waals surface area contributed by atoms with Crippen molar-refractivity contribution in [2.24, 2.45) is 0 Å². The van der Waals surface area contributed by atoms with Crippen LogP contribution in [0.15, 0.2) is 24.3 Å². The molecule has 0 amide bonds. The predicted molar refractivity (Wildman–Crippen MR) is 180 cm³/mol. The zero-order chi connectivity index (χ0) is 29.3. The van der Waals surface area contributed by atoms with Crippen LogP contribution in [0.25, 0.3) is 0 Å². The zero-order valence-corrected chi connectivity index (χ0v) is 28.1. The number of rotatable bonds is 26. The Bertz CT molecular complexity index is 651. The average Bonchev–Trinajstić information content (AvgIpc) is 3.33. The van der Waals surface area contributed by atoms with E-state index in [0.29, 0.717) is 0 Å². The van der Waals surface area contributed by atoms with E-state index in [9.17, 15) is 0 Å². The quantitative estimate of drug-likeness (QED) is 0.0758. The summed E-state index contributed by atoms with van der Waals surface area (Å²) in [5.41, 5.74) is -0.0106. The highest BCUT2D eigenvalue weighted by Crippen LogP contribution is 2.43. The van der Waals surface area contributed by atoms with Crippen LogP contribution in [-0.2, 0) is 9.47 Å². The number of allylic oxidation sites excluding steroid dienone is 4. The van der Waals surface area contributed by atoms with Gasteiger partial charge in [-0.15, -0.1) is 0 Å². The summed E-state index contributed by atoms with van der Waals surface area (Å²) in [6.07, 6.45) is 43.4. The third-order valence-electron chi connectivity index (χ3n) is 9.57. The van der Waals surface area contributed by atoms with Gasteiger partial charge in [0.25, 0.3) is 0 Å². The van der Waals surface area contributed by atoms with Crippen LogP contribution in [0, 0.1) is 0 Å². The highest BCUT2D eigenvalue weighted by Gasteiger charge is 2.50. The van der Waals surface area contributed by atoms with Gasteiger partial charge >= 0.3 is 0 Å². The SMILES string of the molecule is CCCCC/C=C\C/C=C\CCCCCCCCC1(CCCCCCCCCCCC)OCC2(CCN(C)CC2)O1. The Balaban J connectivity index is 1.58. The van der Waals surface area contributed by atoms with Crippen molar-refractivity contribution in [2.45, 2.75) is 192 Å². The van der Waals surface area contributed by atoms with E-state index >= 15 is 0 Å². The van der Waals surface area contributed by atoms with Gasteiger partial charge in [0.1, 0.15) is 0 Å². The van der Waals surface area contributed by atoms with E-state index in [1.807, 2.05) is 0 Å². The molecule has 0 radical (unpaired) electrons. The first-order valence-electron chi connectivity index (χ1n) is 18.5. The molecule has 0 aromatic carbocycles. The van der Waals surface area contributed by atoms with Crippen LogP contribution < -0.4 is 0 Å². The second-order valence-electron chi connectivity index (χ2n) is 13.6. The molecule has 1 atom stereocenters. The topological polar surface area (TPSA) is 21.7 Å². The molecule has 1 unspecified atom stereocenters. The number of hydrogen-bond donors (Lipinski definition) is 0. The summed E-state index contributed by atoms with van der Waals surface area (Å²) < 4.78 is 13.6. The largest absolute Gasteiger partial charge is 0.347 e. The summed E-state index contributed by atoms with van der Waals surface area (Å²) in [6, 6.07) is 0. The lowest BCUT2D eigenvalue weighted by Crippen LogP contribution is -2.46. The molecule has 2 aliphatic rings. The van der Waals surface area contributed by atoms with Gasteiger partial charge in [-0.25, -0.2) is 0 Å². The number of ether oxygens (including phenoxy) is 2. The monoisotopic (exact) mass is 574 g/mol. The third kappa shape index (κ3) is 17.3. The van der Waals surface area contributed by atoms with Gasteiger partial charge in [0.05, 0.1) is 12.2 Å². The maximum atomic E-state index is 6.97. The first-order chi connectivity index (χ1) is 20.1. The van der Waals surface area contributed by atoms with Crippen LogP contribution in [0.3, 0.4) is 0 Å². The van der Waals surface area contributed by atoms with Crippen molar-refractivity contribution in [3.8, 4) is 0 Å². The molecule has 0 saturated carbocycles. The van der Waals surface area contributed by atoms with E-state index in [-0.39, 0.29) is 11.4 Å². The highest BCUT2D eigenvalue weighted by molar-refractivity contribution is 4.95. The summed E-state index contributed by atoms with van der Waals surface area (Å²) in [7, 11) is 2.24. The number of piperidine rings is 1. The fourth-order valence-electron chi connectivity index (χ4n) is 6.62. The minimum Gasteiger partial charge on any atom is -0.347 e. The molecule has 3 nitrogen and oxygen atoms in total. The third-order valence-corrected chi connectivity index (χ3v) is 9.57. The zero-order valence-electron chi connectivity index (χ0n) is 28.1. The first-order valence-corrected chi connectivity index (χ1v) is 18.5. The molecule has 2 heterocycles. The number of hydrogen-bond acceptors (Lipinski definition) is 3. The molecule has 3 heteroatoms. The first kappa shape index (κ1) is 36.6. The van der Waals surface area contributed by atoms with E-state index in [1.165, 1.54) is 135 Å². The van der Waals surface area contributed by atoms with E-state index in [2.05, 4.69) is 50.1 Å². The Morgan fingerprint density at radius 3 is 1.54 bits per heavy atom. The molecule has 2 saturated heterocycles. The van der Waals surface area contributed by atoms with Crippen molar-refractivity contribution in [3.63, 3.8) is 0 Å². The second-order valence-corrected chi connectivity index (χ2v) is 13.6. The Kier molecular flexibility index (Phi) is 21.2. The van der Waals surface area contributed by atoms with Crippen molar-refractivity contribution in [2.75, 3.05) is 26.7 Å². The van der Waals surface area contributed by atoms with Gasteiger partial charge in [-0.1, -0.05) is 134 Å². The van der Waals surface area contributed by atoms with E-state index in [4.69, 9.17) is 9.47 Å². The summed E-state index contributed by atoms with van der Waals surface area (Å²) in [4.78, 5) is 2.44. The smallest absolute Gasteiger partial charge is 0.169 e. The molecule has 2 rings (SSSR count). The highest BCUT2D eigenvalue weighted by atomic mass is 16.8. The van der Waals surface area contributed by atoms with Gasteiger partial charge < -0.3 is 14.4 Å². The van der Waals surface area contributed by atoms with Gasteiger partial charge in [0.15, 0.2) is 5.79 Å². The summed E-state index contributed by atoms with van der Waals surface area (Å²) in [6.45, 7) is 7.68. The van der Waals surface area contributed by atoms with Gasteiger partial charge in [0.2, 0.25) is 0 Å². The van der Waals surface area contributed by atoms with E-state index in [1.54, 1.807) is 0 Å². The van der Waals surface area contributed by atoms with Gasteiger partial charge in [-0.05, 0) is 64.8 Å². The Labute approximate surface area is 257 Å². The number of unbranched alkanes of at least 4 members (excludes halogenated alkanes) is 18. The van der Waals surface area contributed by atoms with Crippen LogP contribution >= 0.6 is 0 Å².